The van der Waals surface area contributed by atoms with Crippen LogP contribution in [0.3, 0.4) is 0 Å². The van der Waals surface area contributed by atoms with E-state index >= 15 is 0 Å². The van der Waals surface area contributed by atoms with Gasteiger partial charge in [0.05, 0.1) is 5.56 Å². The molecule has 1 aromatic heterocycles. The van der Waals surface area contributed by atoms with Crippen LogP contribution in [0.1, 0.15) is 27.0 Å². The maximum Gasteiger partial charge on any atom is 0.343 e. The number of nitrogens with two attached hydrogens (primary N) is 1. The Morgan fingerprint density at radius 3 is 2.46 bits per heavy atom. The van der Waals surface area contributed by atoms with Crippen LogP contribution in [0.4, 0.5) is 5.82 Å². The SMILES string of the molecule is Cc1cccc(C(=O)Oc2cccc(-c3c(C#N)c(N)[nH]c(=O)c3C#N)c2)c1. The molecule has 7 heteroatoms. The van der Waals surface area contributed by atoms with Crippen molar-refractivity contribution in [1.29, 1.82) is 10.5 Å². The molecule has 0 atom stereocenters. The zero-order chi connectivity index (χ0) is 20.3. The highest BCUT2D eigenvalue weighted by Crippen LogP contribution is 2.30. The number of pyridine rings is 1. The van der Waals surface area contributed by atoms with Crippen LogP contribution < -0.4 is 16.0 Å². The first kappa shape index (κ1) is 18.4. The van der Waals surface area contributed by atoms with Gasteiger partial charge in [-0.05, 0) is 36.8 Å². The highest BCUT2D eigenvalue weighted by molar-refractivity contribution is 5.91. The summed E-state index contributed by atoms with van der Waals surface area (Å²) < 4.78 is 5.40. The van der Waals surface area contributed by atoms with Gasteiger partial charge in [0.15, 0.2) is 0 Å². The number of aryl methyl sites for hydroxylation is 1. The molecule has 0 radical (unpaired) electrons. The Bertz CT molecular complexity index is 1230. The highest BCUT2D eigenvalue weighted by Gasteiger charge is 2.19. The summed E-state index contributed by atoms with van der Waals surface area (Å²) in [6.07, 6.45) is 0. The van der Waals surface area contributed by atoms with Gasteiger partial charge in [0.25, 0.3) is 5.56 Å². The predicted molar refractivity (Wildman–Crippen MR) is 102 cm³/mol. The van der Waals surface area contributed by atoms with Gasteiger partial charge in [-0.3, -0.25) is 4.79 Å². The Balaban J connectivity index is 2.06. The van der Waals surface area contributed by atoms with E-state index in [-0.39, 0.29) is 28.3 Å². The Hall–Kier alpha value is -4.36. The number of carbonyl (C=O) groups excluding carboxylic acids is 1. The summed E-state index contributed by atoms with van der Waals surface area (Å²) in [5.41, 5.74) is 6.52. The third-order valence-electron chi connectivity index (χ3n) is 4.06. The fourth-order valence-electron chi connectivity index (χ4n) is 2.79. The van der Waals surface area contributed by atoms with E-state index in [2.05, 4.69) is 4.98 Å². The smallest absolute Gasteiger partial charge is 0.343 e. The van der Waals surface area contributed by atoms with Gasteiger partial charge in [0.1, 0.15) is 34.8 Å². The number of aromatic nitrogens is 1. The fraction of sp³-hybridized carbons (Fsp3) is 0.0476. The van der Waals surface area contributed by atoms with Gasteiger partial charge in [-0.1, -0.05) is 29.8 Å². The van der Waals surface area contributed by atoms with Gasteiger partial charge < -0.3 is 15.5 Å². The molecule has 0 aliphatic heterocycles. The first-order valence-electron chi connectivity index (χ1n) is 8.20. The molecule has 1 heterocycles. The largest absolute Gasteiger partial charge is 0.423 e. The summed E-state index contributed by atoms with van der Waals surface area (Å²) in [5, 5.41) is 18.8. The van der Waals surface area contributed by atoms with Gasteiger partial charge >= 0.3 is 5.97 Å². The molecule has 0 saturated heterocycles. The lowest BCUT2D eigenvalue weighted by atomic mass is 9.96. The maximum absolute atomic E-state index is 12.4. The first-order chi connectivity index (χ1) is 13.4. The number of hydrogen-bond acceptors (Lipinski definition) is 6. The second-order valence-corrected chi connectivity index (χ2v) is 6.00. The second-order valence-electron chi connectivity index (χ2n) is 6.00. The number of nitrogen functional groups attached to an aromatic ring is 1. The lowest BCUT2D eigenvalue weighted by Gasteiger charge is -2.10. The van der Waals surface area contributed by atoms with Crippen molar-refractivity contribution in [3.63, 3.8) is 0 Å². The van der Waals surface area contributed by atoms with Crippen molar-refractivity contribution in [2.45, 2.75) is 6.92 Å². The highest BCUT2D eigenvalue weighted by atomic mass is 16.5. The van der Waals surface area contributed by atoms with Crippen LogP contribution in [-0.4, -0.2) is 11.0 Å². The van der Waals surface area contributed by atoms with Crippen LogP contribution >= 0.6 is 0 Å². The summed E-state index contributed by atoms with van der Waals surface area (Å²) in [4.78, 5) is 26.7. The Kier molecular flexibility index (Phi) is 4.93. The molecule has 3 rings (SSSR count). The van der Waals surface area contributed by atoms with Crippen LogP contribution in [0, 0.1) is 29.6 Å². The van der Waals surface area contributed by atoms with E-state index in [0.29, 0.717) is 11.1 Å². The zero-order valence-corrected chi connectivity index (χ0v) is 14.8. The number of carbonyl (C=O) groups is 1. The normalized spacial score (nSPS) is 9.96. The molecule has 0 spiro atoms. The number of nitriles is 2. The molecule has 28 heavy (non-hydrogen) atoms. The van der Waals surface area contributed by atoms with Crippen molar-refractivity contribution >= 4 is 11.8 Å². The van der Waals surface area contributed by atoms with Gasteiger partial charge in [0, 0.05) is 5.56 Å². The van der Waals surface area contributed by atoms with Crippen molar-refractivity contribution < 1.29 is 9.53 Å². The average molecular weight is 370 g/mol. The monoisotopic (exact) mass is 370 g/mol. The first-order valence-corrected chi connectivity index (χ1v) is 8.20. The molecule has 0 amide bonds. The van der Waals surface area contributed by atoms with Crippen LogP contribution in [-0.2, 0) is 0 Å². The van der Waals surface area contributed by atoms with Gasteiger partial charge in [-0.25, -0.2) is 4.79 Å². The van der Waals surface area contributed by atoms with E-state index in [4.69, 9.17) is 10.5 Å². The van der Waals surface area contributed by atoms with E-state index in [1.165, 1.54) is 6.07 Å². The number of rotatable bonds is 3. The number of esters is 1. The molecule has 3 N–H and O–H groups in total. The average Bonchev–Trinajstić information content (AvgIpc) is 2.67. The minimum atomic E-state index is -0.698. The molecule has 136 valence electrons. The van der Waals surface area contributed by atoms with E-state index < -0.39 is 11.5 Å². The molecule has 0 unspecified atom stereocenters. The molecule has 0 aliphatic carbocycles. The molecular formula is C21H14N4O3. The topological polar surface area (TPSA) is 133 Å². The summed E-state index contributed by atoms with van der Waals surface area (Å²) >= 11 is 0. The van der Waals surface area contributed by atoms with Crippen molar-refractivity contribution in [2.24, 2.45) is 0 Å². The van der Waals surface area contributed by atoms with E-state index in [1.807, 2.05) is 19.1 Å². The van der Waals surface area contributed by atoms with E-state index in [0.717, 1.165) is 5.56 Å². The molecule has 0 bridgehead atoms. The van der Waals surface area contributed by atoms with Crippen LogP contribution in [0.15, 0.2) is 53.3 Å². The predicted octanol–water partition coefficient (Wildman–Crippen LogP) is 2.90. The molecule has 0 aliphatic rings. The van der Waals surface area contributed by atoms with Gasteiger partial charge in [-0.2, -0.15) is 10.5 Å². The molecule has 2 aromatic carbocycles. The summed E-state index contributed by atoms with van der Waals surface area (Å²) in [6.45, 7) is 1.86. The number of nitrogens with zero attached hydrogens (tertiary/aromatic N) is 2. The molecule has 7 nitrogen and oxygen atoms in total. The third-order valence-corrected chi connectivity index (χ3v) is 4.06. The Morgan fingerprint density at radius 2 is 1.79 bits per heavy atom. The minimum absolute atomic E-state index is 0.0293. The number of anilines is 1. The number of aromatic amines is 1. The molecular weight excluding hydrogens is 356 g/mol. The quantitative estimate of drug-likeness (QED) is 0.538. The van der Waals surface area contributed by atoms with Crippen molar-refractivity contribution in [3.05, 3.63) is 81.1 Å². The number of hydrogen-bond donors (Lipinski definition) is 2. The maximum atomic E-state index is 12.4. The van der Waals surface area contributed by atoms with E-state index in [1.54, 1.807) is 42.5 Å². The number of benzene rings is 2. The van der Waals surface area contributed by atoms with Crippen LogP contribution in [0.5, 0.6) is 5.75 Å². The lowest BCUT2D eigenvalue weighted by Crippen LogP contribution is -2.16. The molecule has 0 fully saturated rings. The van der Waals surface area contributed by atoms with Crippen LogP contribution in [0.25, 0.3) is 11.1 Å². The molecule has 0 saturated carbocycles. The fourth-order valence-corrected chi connectivity index (χ4v) is 2.79. The second kappa shape index (κ2) is 7.48. The number of H-pyrrole nitrogens is 1. The summed E-state index contributed by atoms with van der Waals surface area (Å²) in [5.74, 6) is -0.480. The van der Waals surface area contributed by atoms with Gasteiger partial charge in [0.2, 0.25) is 0 Å². The Morgan fingerprint density at radius 1 is 1.07 bits per heavy atom. The zero-order valence-electron chi connectivity index (χ0n) is 14.8. The number of nitrogens with one attached hydrogen (secondary N) is 1. The van der Waals surface area contributed by atoms with Crippen molar-refractivity contribution in [3.8, 4) is 29.0 Å². The Labute approximate surface area is 160 Å². The lowest BCUT2D eigenvalue weighted by molar-refractivity contribution is 0.0735. The van der Waals surface area contributed by atoms with Crippen molar-refractivity contribution in [1.82, 2.24) is 4.98 Å². The number of ether oxygens (including phenoxy) is 1. The summed E-state index contributed by atoms with van der Waals surface area (Å²) in [7, 11) is 0. The van der Waals surface area contributed by atoms with Gasteiger partial charge in [-0.15, -0.1) is 0 Å². The standard InChI is InChI=1S/C21H14N4O3/c1-12-4-2-6-14(8-12)21(27)28-15-7-3-5-13(9-15)18-16(10-22)19(24)25-20(26)17(18)11-23/h2-9H,1H3,(H3,24,25,26). The third kappa shape index (κ3) is 3.46. The molecule has 3 aromatic rings. The van der Waals surface area contributed by atoms with Crippen molar-refractivity contribution in [2.75, 3.05) is 5.73 Å². The minimum Gasteiger partial charge on any atom is -0.423 e. The van der Waals surface area contributed by atoms with E-state index in [9.17, 15) is 20.1 Å². The van der Waals surface area contributed by atoms with Crippen LogP contribution in [0.2, 0.25) is 0 Å². The summed E-state index contributed by atoms with van der Waals surface area (Å²) in [6, 6.07) is 16.9.